The van der Waals surface area contributed by atoms with Crippen LogP contribution >= 0.6 is 12.2 Å². The quantitative estimate of drug-likeness (QED) is 0.861. The summed E-state index contributed by atoms with van der Waals surface area (Å²) in [5, 5.41) is 4.24. The molecule has 1 atom stereocenters. The smallest absolute Gasteiger partial charge is 0.169 e. The van der Waals surface area contributed by atoms with E-state index < -0.39 is 0 Å². The highest BCUT2D eigenvalue weighted by molar-refractivity contribution is 7.80. The number of rotatable bonds is 3. The molecule has 5 heteroatoms. The first kappa shape index (κ1) is 14.6. The van der Waals surface area contributed by atoms with Crippen molar-refractivity contribution in [2.24, 2.45) is 0 Å². The van der Waals surface area contributed by atoms with Gasteiger partial charge in [-0.05, 0) is 37.2 Å². The van der Waals surface area contributed by atoms with Crippen molar-refractivity contribution in [2.75, 3.05) is 44.2 Å². The minimum absolute atomic E-state index is 0.341. The SMILES string of the molecule is S=C(NC[C@@H]1CCCO1)N1CCN(c2ccccc2)CC1. The van der Waals surface area contributed by atoms with Crippen molar-refractivity contribution in [3.63, 3.8) is 0 Å². The Morgan fingerprint density at radius 2 is 1.95 bits per heavy atom. The predicted octanol–water partition coefficient (Wildman–Crippen LogP) is 1.86. The van der Waals surface area contributed by atoms with Crippen LogP contribution in [0.25, 0.3) is 0 Å². The lowest BCUT2D eigenvalue weighted by Gasteiger charge is -2.37. The Morgan fingerprint density at radius 3 is 2.62 bits per heavy atom. The summed E-state index contributed by atoms with van der Waals surface area (Å²) in [5.74, 6) is 0. The number of ether oxygens (including phenoxy) is 1. The zero-order chi connectivity index (χ0) is 14.5. The molecule has 4 nitrogen and oxygen atoms in total. The zero-order valence-corrected chi connectivity index (χ0v) is 13.1. The second kappa shape index (κ2) is 7.09. The molecule has 0 unspecified atom stereocenters. The molecule has 21 heavy (non-hydrogen) atoms. The molecule has 114 valence electrons. The molecule has 2 aliphatic heterocycles. The summed E-state index contributed by atoms with van der Waals surface area (Å²) in [6, 6.07) is 10.6. The Bertz CT molecular complexity index is 454. The minimum Gasteiger partial charge on any atom is -0.376 e. The number of anilines is 1. The standard InChI is InChI=1S/C16H23N3OS/c21-16(17-13-15-7-4-12-20-15)19-10-8-18(9-11-19)14-5-2-1-3-6-14/h1-3,5-6,15H,4,7-13H2,(H,17,21)/t15-/m0/s1. The largest absolute Gasteiger partial charge is 0.376 e. The van der Waals surface area contributed by atoms with Crippen LogP contribution in [0.4, 0.5) is 5.69 Å². The third-order valence-corrected chi connectivity index (χ3v) is 4.60. The van der Waals surface area contributed by atoms with Crippen LogP contribution in [0.15, 0.2) is 30.3 Å². The van der Waals surface area contributed by atoms with Gasteiger partial charge < -0.3 is 19.9 Å². The van der Waals surface area contributed by atoms with Crippen LogP contribution in [0.3, 0.4) is 0 Å². The second-order valence-electron chi connectivity index (χ2n) is 5.63. The third kappa shape index (κ3) is 3.86. The highest BCUT2D eigenvalue weighted by atomic mass is 32.1. The molecule has 2 fully saturated rings. The molecule has 0 aromatic heterocycles. The Labute approximate surface area is 132 Å². The third-order valence-electron chi connectivity index (χ3n) is 4.19. The van der Waals surface area contributed by atoms with Crippen molar-refractivity contribution in [1.29, 1.82) is 0 Å². The van der Waals surface area contributed by atoms with E-state index in [1.54, 1.807) is 0 Å². The summed E-state index contributed by atoms with van der Waals surface area (Å²) in [6.45, 7) is 5.74. The summed E-state index contributed by atoms with van der Waals surface area (Å²) in [6.07, 6.45) is 2.67. The van der Waals surface area contributed by atoms with Crippen molar-refractivity contribution in [3.05, 3.63) is 30.3 Å². The lowest BCUT2D eigenvalue weighted by molar-refractivity contribution is 0.113. The van der Waals surface area contributed by atoms with Gasteiger partial charge in [0.05, 0.1) is 6.10 Å². The minimum atomic E-state index is 0.341. The molecule has 0 spiro atoms. The Morgan fingerprint density at radius 1 is 1.19 bits per heavy atom. The topological polar surface area (TPSA) is 27.7 Å². The molecule has 1 N–H and O–H groups in total. The Balaban J connectivity index is 1.43. The van der Waals surface area contributed by atoms with E-state index in [1.807, 2.05) is 0 Å². The number of hydrogen-bond acceptors (Lipinski definition) is 3. The van der Waals surface area contributed by atoms with Crippen LogP contribution < -0.4 is 10.2 Å². The van der Waals surface area contributed by atoms with Crippen molar-refractivity contribution in [3.8, 4) is 0 Å². The molecule has 3 rings (SSSR count). The van der Waals surface area contributed by atoms with Gasteiger partial charge in [0.1, 0.15) is 0 Å². The van der Waals surface area contributed by atoms with Crippen molar-refractivity contribution in [2.45, 2.75) is 18.9 Å². The van der Waals surface area contributed by atoms with Crippen LogP contribution in [0.1, 0.15) is 12.8 Å². The lowest BCUT2D eigenvalue weighted by atomic mass is 10.2. The van der Waals surface area contributed by atoms with Gasteiger partial charge in [0, 0.05) is 45.0 Å². The van der Waals surface area contributed by atoms with Crippen LogP contribution in [-0.2, 0) is 4.74 Å². The highest BCUT2D eigenvalue weighted by Crippen LogP contribution is 2.16. The fourth-order valence-electron chi connectivity index (χ4n) is 2.92. The van der Waals surface area contributed by atoms with Gasteiger partial charge >= 0.3 is 0 Å². The number of benzene rings is 1. The van der Waals surface area contributed by atoms with Gasteiger partial charge in [0.15, 0.2) is 5.11 Å². The van der Waals surface area contributed by atoms with Gasteiger partial charge in [0.25, 0.3) is 0 Å². The number of thiocarbonyl (C=S) groups is 1. The Hall–Kier alpha value is -1.33. The van der Waals surface area contributed by atoms with Crippen LogP contribution in [-0.4, -0.2) is 55.4 Å². The number of piperazine rings is 1. The van der Waals surface area contributed by atoms with E-state index in [0.29, 0.717) is 6.10 Å². The summed E-state index contributed by atoms with van der Waals surface area (Å²) < 4.78 is 5.62. The molecule has 0 aliphatic carbocycles. The van der Waals surface area contributed by atoms with E-state index >= 15 is 0 Å². The molecule has 2 heterocycles. The van der Waals surface area contributed by atoms with Gasteiger partial charge in [-0.25, -0.2) is 0 Å². The van der Waals surface area contributed by atoms with E-state index in [9.17, 15) is 0 Å². The first-order chi connectivity index (χ1) is 10.3. The summed E-state index contributed by atoms with van der Waals surface area (Å²) >= 11 is 5.50. The van der Waals surface area contributed by atoms with Crippen molar-refractivity contribution < 1.29 is 4.74 Å². The second-order valence-corrected chi connectivity index (χ2v) is 6.02. The normalized spacial score (nSPS) is 22.4. The maximum absolute atomic E-state index is 5.62. The lowest BCUT2D eigenvalue weighted by Crippen LogP contribution is -2.52. The van der Waals surface area contributed by atoms with Crippen molar-refractivity contribution in [1.82, 2.24) is 10.2 Å². The summed E-state index contributed by atoms with van der Waals surface area (Å²) in [4.78, 5) is 4.68. The summed E-state index contributed by atoms with van der Waals surface area (Å²) in [5.41, 5.74) is 1.30. The first-order valence-corrected chi connectivity index (χ1v) is 8.18. The van der Waals surface area contributed by atoms with Crippen LogP contribution in [0.5, 0.6) is 0 Å². The van der Waals surface area contributed by atoms with Gasteiger partial charge in [0.2, 0.25) is 0 Å². The molecule has 2 saturated heterocycles. The molecule has 1 aromatic rings. The molecule has 1 aromatic carbocycles. The van der Waals surface area contributed by atoms with E-state index in [2.05, 4.69) is 45.4 Å². The van der Waals surface area contributed by atoms with Gasteiger partial charge in [-0.2, -0.15) is 0 Å². The molecule has 2 aliphatic rings. The van der Waals surface area contributed by atoms with Crippen LogP contribution in [0.2, 0.25) is 0 Å². The van der Waals surface area contributed by atoms with Gasteiger partial charge in [-0.15, -0.1) is 0 Å². The monoisotopic (exact) mass is 305 g/mol. The molecule has 0 amide bonds. The molecular formula is C16H23N3OS. The van der Waals surface area contributed by atoms with Gasteiger partial charge in [-0.3, -0.25) is 0 Å². The predicted molar refractivity (Wildman–Crippen MR) is 89.8 cm³/mol. The average Bonchev–Trinajstić information content (AvgIpc) is 3.07. The fraction of sp³-hybridized carbons (Fsp3) is 0.562. The Kier molecular flexibility index (Phi) is 4.93. The number of nitrogens with zero attached hydrogens (tertiary/aromatic N) is 2. The maximum atomic E-state index is 5.62. The molecular weight excluding hydrogens is 282 g/mol. The average molecular weight is 305 g/mol. The maximum Gasteiger partial charge on any atom is 0.169 e. The summed E-state index contributed by atoms with van der Waals surface area (Å²) in [7, 11) is 0. The van der Waals surface area contributed by atoms with E-state index in [-0.39, 0.29) is 0 Å². The highest BCUT2D eigenvalue weighted by Gasteiger charge is 2.20. The fourth-order valence-corrected chi connectivity index (χ4v) is 3.19. The molecule has 0 radical (unpaired) electrons. The number of para-hydroxylation sites is 1. The molecule has 0 bridgehead atoms. The number of hydrogen-bond donors (Lipinski definition) is 1. The van der Waals surface area contributed by atoms with E-state index in [1.165, 1.54) is 12.1 Å². The molecule has 0 saturated carbocycles. The van der Waals surface area contributed by atoms with E-state index in [4.69, 9.17) is 17.0 Å². The number of nitrogens with one attached hydrogen (secondary N) is 1. The van der Waals surface area contributed by atoms with Crippen LogP contribution in [0, 0.1) is 0 Å². The van der Waals surface area contributed by atoms with Crippen molar-refractivity contribution >= 4 is 23.0 Å². The van der Waals surface area contributed by atoms with E-state index in [0.717, 1.165) is 50.9 Å². The first-order valence-electron chi connectivity index (χ1n) is 7.77. The zero-order valence-electron chi connectivity index (χ0n) is 12.3. The van der Waals surface area contributed by atoms with Gasteiger partial charge in [-0.1, -0.05) is 18.2 Å².